The molecule has 0 bridgehead atoms. The first-order chi connectivity index (χ1) is 10.2. The molecule has 0 saturated carbocycles. The van der Waals surface area contributed by atoms with E-state index in [1.807, 2.05) is 32.9 Å². The Morgan fingerprint density at radius 3 is 2.18 bits per heavy atom. The fraction of sp³-hybridized carbons (Fsp3) is 0.400. The fourth-order valence-corrected chi connectivity index (χ4v) is 2.24. The average molecular weight is 417 g/mol. The van der Waals surface area contributed by atoms with Crippen LogP contribution in [0.1, 0.15) is 31.1 Å². The van der Waals surface area contributed by atoms with Crippen LogP contribution in [0.4, 0.5) is 0 Å². The highest BCUT2D eigenvalue weighted by molar-refractivity contribution is 14.1. The standard InChI is InChI=1S/C15H20IN3O3/c1-15(2,3)19-13(21)9-17-12(20)8-18-14(22)10-6-4-5-7-11(10)16/h4-7H,8-9H2,1-3H3,(H,17,20)(H,18,22)(H,19,21). The van der Waals surface area contributed by atoms with Crippen molar-refractivity contribution in [3.63, 3.8) is 0 Å². The number of rotatable bonds is 5. The lowest BCUT2D eigenvalue weighted by Gasteiger charge is -2.20. The van der Waals surface area contributed by atoms with Crippen molar-refractivity contribution >= 4 is 40.3 Å². The van der Waals surface area contributed by atoms with Crippen LogP contribution >= 0.6 is 22.6 Å². The lowest BCUT2D eigenvalue weighted by atomic mass is 10.1. The van der Waals surface area contributed by atoms with Crippen LogP contribution in [0.15, 0.2) is 24.3 Å². The van der Waals surface area contributed by atoms with E-state index in [1.165, 1.54) is 0 Å². The molecular formula is C15H20IN3O3. The predicted molar refractivity (Wildman–Crippen MR) is 92.4 cm³/mol. The van der Waals surface area contributed by atoms with Gasteiger partial charge in [0, 0.05) is 9.11 Å². The molecule has 7 heteroatoms. The largest absolute Gasteiger partial charge is 0.350 e. The molecule has 1 aromatic carbocycles. The van der Waals surface area contributed by atoms with E-state index in [1.54, 1.807) is 12.1 Å². The van der Waals surface area contributed by atoms with E-state index in [9.17, 15) is 14.4 Å². The van der Waals surface area contributed by atoms with Gasteiger partial charge in [-0.3, -0.25) is 14.4 Å². The summed E-state index contributed by atoms with van der Waals surface area (Å²) in [6.07, 6.45) is 0. The van der Waals surface area contributed by atoms with Crippen molar-refractivity contribution in [3.8, 4) is 0 Å². The molecule has 0 atom stereocenters. The molecule has 0 aliphatic rings. The SMILES string of the molecule is CC(C)(C)NC(=O)CNC(=O)CNC(=O)c1ccccc1I. The summed E-state index contributed by atoms with van der Waals surface area (Å²) in [5, 5.41) is 7.71. The summed E-state index contributed by atoms with van der Waals surface area (Å²) in [6, 6.07) is 7.09. The van der Waals surface area contributed by atoms with Crippen LogP contribution in [-0.4, -0.2) is 36.3 Å². The molecule has 120 valence electrons. The van der Waals surface area contributed by atoms with Crippen LogP contribution < -0.4 is 16.0 Å². The highest BCUT2D eigenvalue weighted by atomic mass is 127. The summed E-state index contributed by atoms with van der Waals surface area (Å²) in [5.41, 5.74) is 0.168. The maximum Gasteiger partial charge on any atom is 0.252 e. The van der Waals surface area contributed by atoms with E-state index in [0.29, 0.717) is 5.56 Å². The molecule has 3 N–H and O–H groups in total. The number of hydrogen-bond donors (Lipinski definition) is 3. The van der Waals surface area contributed by atoms with Gasteiger partial charge in [0.15, 0.2) is 0 Å². The third-order valence-electron chi connectivity index (χ3n) is 2.49. The van der Waals surface area contributed by atoms with E-state index in [0.717, 1.165) is 3.57 Å². The Balaban J connectivity index is 2.36. The number of nitrogens with one attached hydrogen (secondary N) is 3. The number of halogens is 1. The number of hydrogen-bond acceptors (Lipinski definition) is 3. The minimum absolute atomic E-state index is 0.116. The summed E-state index contributed by atoms with van der Waals surface area (Å²) < 4.78 is 0.808. The monoisotopic (exact) mass is 417 g/mol. The molecule has 6 nitrogen and oxygen atoms in total. The third-order valence-corrected chi connectivity index (χ3v) is 3.43. The Morgan fingerprint density at radius 2 is 1.59 bits per heavy atom. The molecular weight excluding hydrogens is 397 g/mol. The van der Waals surface area contributed by atoms with E-state index < -0.39 is 5.91 Å². The minimum atomic E-state index is -0.414. The topological polar surface area (TPSA) is 87.3 Å². The van der Waals surface area contributed by atoms with E-state index >= 15 is 0 Å². The van der Waals surface area contributed by atoms with Gasteiger partial charge in [-0.2, -0.15) is 0 Å². The maximum atomic E-state index is 11.9. The van der Waals surface area contributed by atoms with Crippen molar-refractivity contribution in [2.75, 3.05) is 13.1 Å². The van der Waals surface area contributed by atoms with Crippen molar-refractivity contribution in [2.45, 2.75) is 26.3 Å². The van der Waals surface area contributed by atoms with Gasteiger partial charge in [0.1, 0.15) is 0 Å². The van der Waals surface area contributed by atoms with Crippen molar-refractivity contribution in [1.82, 2.24) is 16.0 Å². The van der Waals surface area contributed by atoms with E-state index in [-0.39, 0.29) is 30.4 Å². The molecule has 0 unspecified atom stereocenters. The van der Waals surface area contributed by atoms with Gasteiger partial charge in [-0.05, 0) is 55.5 Å². The first kappa shape index (κ1) is 18.4. The molecule has 0 aliphatic carbocycles. The minimum Gasteiger partial charge on any atom is -0.350 e. The average Bonchev–Trinajstić information content (AvgIpc) is 2.41. The molecule has 0 aromatic heterocycles. The van der Waals surface area contributed by atoms with Gasteiger partial charge in [-0.25, -0.2) is 0 Å². The van der Waals surface area contributed by atoms with E-state index in [2.05, 4.69) is 38.5 Å². The van der Waals surface area contributed by atoms with Crippen LogP contribution in [0.3, 0.4) is 0 Å². The number of amides is 3. The second-order valence-electron chi connectivity index (χ2n) is 5.74. The molecule has 0 radical (unpaired) electrons. The zero-order valence-corrected chi connectivity index (χ0v) is 15.0. The van der Waals surface area contributed by atoms with Crippen LogP contribution in [0.2, 0.25) is 0 Å². The zero-order valence-electron chi connectivity index (χ0n) is 12.8. The van der Waals surface area contributed by atoms with Crippen LogP contribution in [0.5, 0.6) is 0 Å². The lowest BCUT2D eigenvalue weighted by molar-refractivity contribution is -0.126. The van der Waals surface area contributed by atoms with Crippen LogP contribution in [-0.2, 0) is 9.59 Å². The lowest BCUT2D eigenvalue weighted by Crippen LogP contribution is -2.47. The van der Waals surface area contributed by atoms with Crippen molar-refractivity contribution in [3.05, 3.63) is 33.4 Å². The summed E-state index contributed by atoms with van der Waals surface area (Å²) in [7, 11) is 0. The van der Waals surface area contributed by atoms with Gasteiger partial charge >= 0.3 is 0 Å². The summed E-state index contributed by atoms with van der Waals surface area (Å²) in [4.78, 5) is 35.1. The zero-order chi connectivity index (χ0) is 16.8. The maximum absolute atomic E-state index is 11.9. The molecule has 0 aliphatic heterocycles. The Morgan fingerprint density at radius 1 is 1.00 bits per heavy atom. The fourth-order valence-electron chi connectivity index (χ4n) is 1.60. The Bertz CT molecular complexity index is 567. The van der Waals surface area contributed by atoms with Crippen LogP contribution in [0.25, 0.3) is 0 Å². The second-order valence-corrected chi connectivity index (χ2v) is 6.90. The smallest absolute Gasteiger partial charge is 0.252 e. The number of carbonyl (C=O) groups excluding carboxylic acids is 3. The van der Waals surface area contributed by atoms with Gasteiger partial charge in [0.2, 0.25) is 11.8 Å². The molecule has 1 rings (SSSR count). The molecule has 22 heavy (non-hydrogen) atoms. The number of benzene rings is 1. The first-order valence-corrected chi connectivity index (χ1v) is 7.87. The molecule has 3 amide bonds. The van der Waals surface area contributed by atoms with Crippen molar-refractivity contribution in [1.29, 1.82) is 0 Å². The molecule has 1 aromatic rings. The quantitative estimate of drug-likeness (QED) is 0.627. The Hall–Kier alpha value is -1.64. The highest BCUT2D eigenvalue weighted by Gasteiger charge is 2.15. The van der Waals surface area contributed by atoms with Crippen molar-refractivity contribution in [2.24, 2.45) is 0 Å². The van der Waals surface area contributed by atoms with Crippen molar-refractivity contribution < 1.29 is 14.4 Å². The first-order valence-electron chi connectivity index (χ1n) is 6.79. The summed E-state index contributed by atoms with van der Waals surface area (Å²) >= 11 is 2.06. The van der Waals surface area contributed by atoms with Gasteiger partial charge < -0.3 is 16.0 Å². The number of carbonyl (C=O) groups is 3. The van der Waals surface area contributed by atoms with Crippen LogP contribution in [0, 0.1) is 3.57 Å². The molecule has 0 fully saturated rings. The summed E-state index contributed by atoms with van der Waals surface area (Å²) in [6.45, 7) is 5.28. The molecule has 0 heterocycles. The van der Waals surface area contributed by atoms with Gasteiger partial charge in [0.25, 0.3) is 5.91 Å². The van der Waals surface area contributed by atoms with Gasteiger partial charge in [-0.15, -0.1) is 0 Å². The molecule has 0 saturated heterocycles. The normalized spacial score (nSPS) is 10.7. The van der Waals surface area contributed by atoms with E-state index in [4.69, 9.17) is 0 Å². The summed E-state index contributed by atoms with van der Waals surface area (Å²) in [5.74, 6) is -1.01. The highest BCUT2D eigenvalue weighted by Crippen LogP contribution is 2.10. The Kier molecular flexibility index (Phi) is 6.79. The second kappa shape index (κ2) is 8.11. The third kappa shape index (κ3) is 6.88. The van der Waals surface area contributed by atoms with Gasteiger partial charge in [0.05, 0.1) is 18.7 Å². The Labute approximate surface area is 143 Å². The molecule has 0 spiro atoms. The predicted octanol–water partition coefficient (Wildman–Crippen LogP) is 1.05. The van der Waals surface area contributed by atoms with Gasteiger partial charge in [-0.1, -0.05) is 12.1 Å².